The summed E-state index contributed by atoms with van der Waals surface area (Å²) in [4.78, 5) is 20.4. The molecule has 2 aromatic heterocycles. The van der Waals surface area contributed by atoms with Gasteiger partial charge in [-0.25, -0.2) is 12.8 Å². The number of rotatable bonds is 9. The van der Waals surface area contributed by atoms with Gasteiger partial charge in [-0.2, -0.15) is 0 Å². The zero-order valence-corrected chi connectivity index (χ0v) is 20.9. The summed E-state index contributed by atoms with van der Waals surface area (Å²) in [5.41, 5.74) is 1.20. The van der Waals surface area contributed by atoms with Crippen LogP contribution in [0.1, 0.15) is 49.8 Å². The van der Waals surface area contributed by atoms with Crippen molar-refractivity contribution in [2.45, 2.75) is 56.6 Å². The normalized spacial score (nSPS) is 14.3. The van der Waals surface area contributed by atoms with E-state index in [2.05, 4.69) is 9.83 Å². The van der Waals surface area contributed by atoms with Crippen molar-refractivity contribution in [2.24, 2.45) is 5.92 Å². The van der Waals surface area contributed by atoms with Crippen LogP contribution in [0.3, 0.4) is 0 Å². The van der Waals surface area contributed by atoms with E-state index in [1.807, 2.05) is 0 Å². The lowest BCUT2D eigenvalue weighted by molar-refractivity contribution is -0.116. The highest BCUT2D eigenvalue weighted by molar-refractivity contribution is 7.92. The summed E-state index contributed by atoms with van der Waals surface area (Å²) in [5.74, 6) is -1.30. The van der Waals surface area contributed by atoms with Crippen LogP contribution in [-0.2, 0) is 33.1 Å². The fourth-order valence-electron chi connectivity index (χ4n) is 4.33. The molecule has 1 aromatic carbocycles. The smallest absolute Gasteiger partial charge is 0.270 e. The molecule has 4 rings (SSSR count). The van der Waals surface area contributed by atoms with Crippen LogP contribution in [0.2, 0.25) is 0 Å². The minimum atomic E-state index is -4.10. The van der Waals surface area contributed by atoms with Crippen LogP contribution in [0.25, 0.3) is 16.0 Å². The Kier molecular flexibility index (Phi) is 7.12. The maximum atomic E-state index is 14.7. The van der Waals surface area contributed by atoms with Crippen molar-refractivity contribution in [1.29, 1.82) is 0 Å². The number of Topliss-reactive ketones (excluding diaryl/α,β-unsaturated/α-hetero) is 1. The van der Waals surface area contributed by atoms with Gasteiger partial charge >= 0.3 is 0 Å². The van der Waals surface area contributed by atoms with Crippen molar-refractivity contribution in [3.63, 3.8) is 0 Å². The van der Waals surface area contributed by atoms with E-state index < -0.39 is 37.9 Å². The van der Waals surface area contributed by atoms with Crippen LogP contribution in [0.5, 0.6) is 0 Å². The van der Waals surface area contributed by atoms with Gasteiger partial charge in [0.2, 0.25) is 14.9 Å². The van der Waals surface area contributed by atoms with Crippen molar-refractivity contribution < 1.29 is 27.1 Å². The summed E-state index contributed by atoms with van der Waals surface area (Å²) < 4.78 is 45.6. The average molecular weight is 511 g/mol. The highest BCUT2D eigenvalue weighted by atomic mass is 32.2. The number of nitrogens with zero attached hydrogens (tertiary/aromatic N) is 2. The van der Waals surface area contributed by atoms with E-state index in [0.29, 0.717) is 34.6 Å². The fourth-order valence-corrected chi connectivity index (χ4v) is 5.50. The van der Waals surface area contributed by atoms with Gasteiger partial charge in [0.25, 0.3) is 5.82 Å². The first-order chi connectivity index (χ1) is 17.0. The van der Waals surface area contributed by atoms with Gasteiger partial charge in [0, 0.05) is 18.1 Å². The molecule has 2 heterocycles. The number of carbonyl (C=O) groups is 1. The molecule has 1 fully saturated rings. The van der Waals surface area contributed by atoms with Gasteiger partial charge in [-0.15, -0.1) is 4.98 Å². The number of sulfone groups is 1. The monoisotopic (exact) mass is 510 g/mol. The summed E-state index contributed by atoms with van der Waals surface area (Å²) in [6.45, 7) is 10.2. The molecule has 1 aliphatic rings. The zero-order chi connectivity index (χ0) is 26.1. The Morgan fingerprint density at radius 3 is 2.64 bits per heavy atom. The zero-order valence-electron chi connectivity index (χ0n) is 20.1. The second kappa shape index (κ2) is 9.96. The molecular formula is C27H27FN2O5S. The topological polar surface area (TPSA) is 102 Å². The minimum Gasteiger partial charge on any atom is -0.453 e. The molecule has 1 N–H and O–H groups in total. The molecule has 9 heteroatoms. The van der Waals surface area contributed by atoms with Gasteiger partial charge in [0.05, 0.1) is 11.9 Å². The van der Waals surface area contributed by atoms with Gasteiger partial charge in [-0.1, -0.05) is 25.8 Å². The number of furan rings is 1. The quantitative estimate of drug-likeness (QED) is 0.398. The Bertz CT molecular complexity index is 1440. The predicted molar refractivity (Wildman–Crippen MR) is 132 cm³/mol. The Morgan fingerprint density at radius 1 is 1.28 bits per heavy atom. The summed E-state index contributed by atoms with van der Waals surface area (Å²) in [7, 11) is -4.10. The molecule has 3 aromatic rings. The summed E-state index contributed by atoms with van der Waals surface area (Å²) in [5, 5.41) is 9.70. The number of hydrogen-bond donors (Lipinski definition) is 1. The average Bonchev–Trinajstić information content (AvgIpc) is 3.29. The van der Waals surface area contributed by atoms with Crippen LogP contribution in [-0.4, -0.2) is 30.0 Å². The predicted octanol–water partition coefficient (Wildman–Crippen LogP) is 5.19. The third-order valence-corrected chi connectivity index (χ3v) is 8.05. The molecule has 36 heavy (non-hydrogen) atoms. The van der Waals surface area contributed by atoms with E-state index in [1.165, 1.54) is 44.3 Å². The second-order valence-corrected chi connectivity index (χ2v) is 11.7. The SMILES string of the molecule is [C-]#[N+]c1cc(-c2cc(F)cc(CC3CCC3)c2CC(=O)CS(=O)(=O)c2cc(C(C)(C)O)co2)ccn1. The lowest BCUT2D eigenvalue weighted by Gasteiger charge is -2.27. The van der Waals surface area contributed by atoms with Crippen molar-refractivity contribution in [1.82, 2.24) is 4.98 Å². The maximum absolute atomic E-state index is 14.7. The molecule has 7 nitrogen and oxygen atoms in total. The van der Waals surface area contributed by atoms with Crippen molar-refractivity contribution >= 4 is 21.4 Å². The summed E-state index contributed by atoms with van der Waals surface area (Å²) in [6.07, 6.45) is 6.13. The lowest BCUT2D eigenvalue weighted by Crippen LogP contribution is -2.20. The highest BCUT2D eigenvalue weighted by Gasteiger charge is 2.28. The molecule has 0 saturated heterocycles. The molecule has 0 amide bonds. The van der Waals surface area contributed by atoms with Crippen LogP contribution < -0.4 is 0 Å². The number of carbonyl (C=O) groups excluding carboxylic acids is 1. The minimum absolute atomic E-state index is 0.137. The van der Waals surface area contributed by atoms with Gasteiger partial charge in [0.15, 0.2) is 5.78 Å². The molecular weight excluding hydrogens is 483 g/mol. The van der Waals surface area contributed by atoms with Gasteiger partial charge < -0.3 is 14.4 Å². The van der Waals surface area contributed by atoms with E-state index in [9.17, 15) is 22.7 Å². The number of hydrogen-bond acceptors (Lipinski definition) is 6. The standard InChI is InChI=1S/C27H27FN2O5S/c1-27(2,32)20-12-26(35-15-20)36(33,34)16-22(31)14-24-19(9-17-5-4-6-17)10-21(28)13-23(24)18-7-8-30-25(11-18)29-3/h7-8,10-13,15,17,32H,4-6,9,14,16H2,1-2H3. The second-order valence-electron chi connectivity index (χ2n) is 9.79. The number of ketones is 1. The number of aliphatic hydroxyl groups is 1. The van der Waals surface area contributed by atoms with E-state index in [1.54, 1.807) is 6.07 Å². The first-order valence-corrected chi connectivity index (χ1v) is 13.3. The maximum Gasteiger partial charge on any atom is 0.270 e. The summed E-state index contributed by atoms with van der Waals surface area (Å²) in [6, 6.07) is 7.12. The molecule has 0 atom stereocenters. The summed E-state index contributed by atoms with van der Waals surface area (Å²) >= 11 is 0. The van der Waals surface area contributed by atoms with E-state index in [0.717, 1.165) is 25.5 Å². The van der Waals surface area contributed by atoms with E-state index >= 15 is 0 Å². The molecule has 0 radical (unpaired) electrons. The Morgan fingerprint density at radius 2 is 2.03 bits per heavy atom. The molecule has 188 valence electrons. The molecule has 0 spiro atoms. The molecule has 1 aliphatic carbocycles. The number of aromatic nitrogens is 1. The van der Waals surface area contributed by atoms with Crippen molar-refractivity contribution in [3.8, 4) is 11.1 Å². The van der Waals surface area contributed by atoms with E-state index in [-0.39, 0.29) is 17.8 Å². The van der Waals surface area contributed by atoms with Gasteiger partial charge in [0.1, 0.15) is 17.8 Å². The first kappa shape index (κ1) is 25.7. The number of benzene rings is 1. The molecule has 0 unspecified atom stereocenters. The Balaban J connectivity index is 1.68. The molecule has 0 aliphatic heterocycles. The van der Waals surface area contributed by atoms with Crippen molar-refractivity contribution in [3.05, 3.63) is 76.7 Å². The largest absolute Gasteiger partial charge is 0.453 e. The van der Waals surface area contributed by atoms with Crippen LogP contribution in [0, 0.1) is 18.3 Å². The van der Waals surface area contributed by atoms with Gasteiger partial charge in [-0.05, 0) is 72.7 Å². The van der Waals surface area contributed by atoms with Crippen LogP contribution in [0.15, 0.2) is 52.3 Å². The molecule has 0 bridgehead atoms. The third kappa shape index (κ3) is 5.72. The lowest BCUT2D eigenvalue weighted by atomic mass is 9.78. The fraction of sp³-hybridized carbons (Fsp3) is 0.370. The Labute approximate surface area is 209 Å². The first-order valence-electron chi connectivity index (χ1n) is 11.7. The van der Waals surface area contributed by atoms with Crippen molar-refractivity contribution in [2.75, 3.05) is 5.75 Å². The molecule has 1 saturated carbocycles. The third-order valence-electron chi connectivity index (χ3n) is 6.52. The highest BCUT2D eigenvalue weighted by Crippen LogP contribution is 2.35. The van der Waals surface area contributed by atoms with Crippen LogP contribution >= 0.6 is 0 Å². The number of halogens is 1. The van der Waals surface area contributed by atoms with Gasteiger partial charge in [-0.3, -0.25) is 4.79 Å². The number of pyridine rings is 1. The Hall–Kier alpha value is -3.35. The van der Waals surface area contributed by atoms with E-state index in [4.69, 9.17) is 11.0 Å². The van der Waals surface area contributed by atoms with Crippen LogP contribution in [0.4, 0.5) is 10.2 Å².